The van der Waals surface area contributed by atoms with Crippen molar-refractivity contribution in [3.63, 3.8) is 0 Å². The lowest BCUT2D eigenvalue weighted by Crippen LogP contribution is -2.08. The van der Waals surface area contributed by atoms with E-state index >= 15 is 0 Å². The van der Waals surface area contributed by atoms with Crippen LogP contribution < -0.4 is 0 Å². The molecule has 2 rings (SSSR count). The fourth-order valence-corrected chi connectivity index (χ4v) is 2.11. The second kappa shape index (κ2) is 5.70. The molecule has 0 atom stereocenters. The van der Waals surface area contributed by atoms with Crippen LogP contribution in [-0.2, 0) is 6.54 Å². The molecule has 0 saturated carbocycles. The molecule has 1 aromatic carbocycles. The van der Waals surface area contributed by atoms with Crippen LogP contribution in [0.3, 0.4) is 0 Å². The van der Waals surface area contributed by atoms with Crippen LogP contribution in [0.15, 0.2) is 30.6 Å². The third-order valence-electron chi connectivity index (χ3n) is 3.08. The summed E-state index contributed by atoms with van der Waals surface area (Å²) in [6, 6.07) is 3.68. The first-order chi connectivity index (χ1) is 9.90. The Hall–Kier alpha value is -2.77. The predicted octanol–water partition coefficient (Wildman–Crippen LogP) is 2.87. The van der Waals surface area contributed by atoms with Gasteiger partial charge in [0.05, 0.1) is 28.0 Å². The highest BCUT2D eigenvalue weighted by Gasteiger charge is 2.20. The minimum Gasteiger partial charge on any atom is -0.330 e. The van der Waals surface area contributed by atoms with Gasteiger partial charge in [-0.05, 0) is 6.07 Å². The summed E-state index contributed by atoms with van der Waals surface area (Å²) < 4.78 is 1.80. The van der Waals surface area contributed by atoms with Crippen molar-refractivity contribution in [3.05, 3.63) is 62.2 Å². The number of aromatic nitrogens is 2. The predicted molar refractivity (Wildman–Crippen MR) is 75.2 cm³/mol. The normalized spacial score (nSPS) is 10.8. The Bertz CT molecular complexity index is 693. The van der Waals surface area contributed by atoms with Crippen molar-refractivity contribution in [2.24, 2.45) is 0 Å². The summed E-state index contributed by atoms with van der Waals surface area (Å²) in [4.78, 5) is 24.8. The number of nitrogens with zero attached hydrogens (tertiary/aromatic N) is 4. The van der Waals surface area contributed by atoms with E-state index < -0.39 is 9.85 Å². The number of hydrogen-bond acceptors (Lipinski definition) is 5. The Morgan fingerprint density at radius 2 is 1.95 bits per heavy atom. The maximum atomic E-state index is 11.1. The summed E-state index contributed by atoms with van der Waals surface area (Å²) in [5.74, 6) is 0.986. The summed E-state index contributed by atoms with van der Waals surface area (Å²) in [7, 11) is 0. The van der Waals surface area contributed by atoms with Crippen molar-refractivity contribution in [2.75, 3.05) is 0 Å². The zero-order valence-electron chi connectivity index (χ0n) is 11.6. The molecule has 0 spiro atoms. The molecule has 0 fully saturated rings. The van der Waals surface area contributed by atoms with Crippen LogP contribution in [-0.4, -0.2) is 19.4 Å². The van der Waals surface area contributed by atoms with Crippen LogP contribution in [0, 0.1) is 20.2 Å². The number of imidazole rings is 1. The largest absolute Gasteiger partial charge is 0.330 e. The summed E-state index contributed by atoms with van der Waals surface area (Å²) in [6.45, 7) is 4.20. The fourth-order valence-electron chi connectivity index (χ4n) is 2.11. The second-order valence-electron chi connectivity index (χ2n) is 4.90. The van der Waals surface area contributed by atoms with Gasteiger partial charge in [0.1, 0.15) is 5.82 Å². The summed E-state index contributed by atoms with van der Waals surface area (Å²) >= 11 is 0. The number of benzene rings is 1. The van der Waals surface area contributed by atoms with Gasteiger partial charge in [-0.25, -0.2) is 4.98 Å². The van der Waals surface area contributed by atoms with Crippen LogP contribution in [0.4, 0.5) is 11.4 Å². The first-order valence-electron chi connectivity index (χ1n) is 6.33. The molecular weight excluding hydrogens is 276 g/mol. The Morgan fingerprint density at radius 3 is 2.52 bits per heavy atom. The average Bonchev–Trinajstić information content (AvgIpc) is 2.87. The van der Waals surface area contributed by atoms with Crippen molar-refractivity contribution in [1.29, 1.82) is 0 Å². The van der Waals surface area contributed by atoms with Crippen LogP contribution in [0.5, 0.6) is 0 Å². The lowest BCUT2D eigenvalue weighted by molar-refractivity contribution is -0.394. The highest BCUT2D eigenvalue weighted by Crippen LogP contribution is 2.26. The van der Waals surface area contributed by atoms with Gasteiger partial charge in [-0.1, -0.05) is 13.8 Å². The molecule has 21 heavy (non-hydrogen) atoms. The van der Waals surface area contributed by atoms with Crippen molar-refractivity contribution < 1.29 is 9.85 Å². The SMILES string of the molecule is CC(C)c1nccn1Cc1ccc([N+](=O)[O-])cc1[N+](=O)[O-]. The second-order valence-corrected chi connectivity index (χ2v) is 4.90. The van der Waals surface area contributed by atoms with Gasteiger partial charge in [0, 0.05) is 24.4 Å². The van der Waals surface area contributed by atoms with Gasteiger partial charge < -0.3 is 4.57 Å². The number of nitro benzene ring substituents is 2. The third kappa shape index (κ3) is 3.04. The Kier molecular flexibility index (Phi) is 3.97. The van der Waals surface area contributed by atoms with Gasteiger partial charge in [0.15, 0.2) is 0 Å². The highest BCUT2D eigenvalue weighted by atomic mass is 16.6. The molecule has 0 N–H and O–H groups in total. The molecule has 0 saturated heterocycles. The number of nitro groups is 2. The van der Waals surface area contributed by atoms with E-state index in [-0.39, 0.29) is 23.8 Å². The van der Waals surface area contributed by atoms with E-state index in [0.29, 0.717) is 5.56 Å². The Labute approximate surface area is 120 Å². The van der Waals surface area contributed by atoms with Crippen LogP contribution in [0.2, 0.25) is 0 Å². The van der Waals surface area contributed by atoms with Gasteiger partial charge in [-0.3, -0.25) is 20.2 Å². The maximum absolute atomic E-state index is 11.1. The van der Waals surface area contributed by atoms with Crippen LogP contribution in [0.1, 0.15) is 31.2 Å². The maximum Gasteiger partial charge on any atom is 0.281 e. The van der Waals surface area contributed by atoms with Crippen LogP contribution in [0.25, 0.3) is 0 Å². The molecule has 0 bridgehead atoms. The molecule has 0 unspecified atom stereocenters. The fraction of sp³-hybridized carbons (Fsp3) is 0.308. The minimum atomic E-state index is -0.645. The summed E-state index contributed by atoms with van der Waals surface area (Å²) in [6.07, 6.45) is 3.37. The van der Waals surface area contributed by atoms with Crippen molar-refractivity contribution in [1.82, 2.24) is 9.55 Å². The number of non-ortho nitro benzene ring substituents is 1. The first kappa shape index (κ1) is 14.6. The molecule has 8 nitrogen and oxygen atoms in total. The van der Waals surface area contributed by atoms with Gasteiger partial charge in [0.25, 0.3) is 11.4 Å². The molecule has 1 aromatic heterocycles. The smallest absolute Gasteiger partial charge is 0.281 e. The molecule has 0 aliphatic heterocycles. The van der Waals surface area contributed by atoms with Crippen LogP contribution >= 0.6 is 0 Å². The molecule has 0 radical (unpaired) electrons. The molecule has 0 aliphatic carbocycles. The number of hydrogen-bond donors (Lipinski definition) is 0. The molecule has 0 aliphatic rings. The van der Waals surface area contributed by atoms with E-state index in [4.69, 9.17) is 0 Å². The summed E-state index contributed by atoms with van der Waals surface area (Å²) in [5, 5.41) is 21.8. The lowest BCUT2D eigenvalue weighted by Gasteiger charge is -2.10. The topological polar surface area (TPSA) is 104 Å². The zero-order chi connectivity index (χ0) is 15.6. The highest BCUT2D eigenvalue weighted by molar-refractivity contribution is 5.49. The molecule has 8 heteroatoms. The monoisotopic (exact) mass is 290 g/mol. The average molecular weight is 290 g/mol. The quantitative estimate of drug-likeness (QED) is 0.622. The molecule has 110 valence electrons. The lowest BCUT2D eigenvalue weighted by atomic mass is 10.1. The molecule has 0 amide bonds. The van der Waals surface area contributed by atoms with Gasteiger partial charge in [-0.15, -0.1) is 0 Å². The zero-order valence-corrected chi connectivity index (χ0v) is 11.6. The summed E-state index contributed by atoms with van der Waals surface area (Å²) in [5.41, 5.74) is -0.140. The van der Waals surface area contributed by atoms with E-state index in [0.717, 1.165) is 11.9 Å². The van der Waals surface area contributed by atoms with E-state index in [1.54, 1.807) is 17.0 Å². The van der Waals surface area contributed by atoms with E-state index in [2.05, 4.69) is 4.98 Å². The Morgan fingerprint density at radius 1 is 1.24 bits per heavy atom. The minimum absolute atomic E-state index is 0.178. The standard InChI is InChI=1S/C13H14N4O4/c1-9(2)13-14-5-6-15(13)8-10-3-4-11(16(18)19)7-12(10)17(20)21/h3-7,9H,8H2,1-2H3. The molecule has 1 heterocycles. The van der Waals surface area contributed by atoms with Crippen molar-refractivity contribution in [3.8, 4) is 0 Å². The van der Waals surface area contributed by atoms with E-state index in [1.807, 2.05) is 13.8 Å². The molecule has 2 aromatic rings. The number of rotatable bonds is 5. The van der Waals surface area contributed by atoms with Gasteiger partial charge in [0.2, 0.25) is 0 Å². The molecular formula is C13H14N4O4. The van der Waals surface area contributed by atoms with Crippen molar-refractivity contribution in [2.45, 2.75) is 26.3 Å². The van der Waals surface area contributed by atoms with E-state index in [9.17, 15) is 20.2 Å². The van der Waals surface area contributed by atoms with E-state index in [1.165, 1.54) is 12.1 Å². The Balaban J connectivity index is 2.42. The van der Waals surface area contributed by atoms with Gasteiger partial charge >= 0.3 is 0 Å². The van der Waals surface area contributed by atoms with Crippen molar-refractivity contribution >= 4 is 11.4 Å². The third-order valence-corrected chi connectivity index (χ3v) is 3.08. The first-order valence-corrected chi connectivity index (χ1v) is 6.33. The van der Waals surface area contributed by atoms with Gasteiger partial charge in [-0.2, -0.15) is 0 Å².